The van der Waals surface area contributed by atoms with Crippen LogP contribution in [-0.2, 0) is 11.2 Å². The van der Waals surface area contributed by atoms with E-state index in [1.165, 1.54) is 5.56 Å². The highest BCUT2D eigenvalue weighted by Crippen LogP contribution is 2.29. The van der Waals surface area contributed by atoms with Crippen LogP contribution in [0.4, 0.5) is 0 Å². The lowest BCUT2D eigenvalue weighted by atomic mass is 9.90. The van der Waals surface area contributed by atoms with Gasteiger partial charge in [0.2, 0.25) is 0 Å². The molecule has 0 amide bonds. The average molecular weight is 234 g/mol. The summed E-state index contributed by atoms with van der Waals surface area (Å²) in [5.41, 5.74) is 1.24. The Morgan fingerprint density at radius 3 is 3.06 bits per heavy atom. The molecular formula is C14H18O3. The van der Waals surface area contributed by atoms with Gasteiger partial charge in [0.05, 0.1) is 12.5 Å². The van der Waals surface area contributed by atoms with E-state index >= 15 is 0 Å². The van der Waals surface area contributed by atoms with Crippen molar-refractivity contribution in [3.8, 4) is 5.75 Å². The number of hydrogen-bond acceptors (Lipinski definition) is 2. The van der Waals surface area contributed by atoms with Gasteiger partial charge in [-0.2, -0.15) is 0 Å². The maximum absolute atomic E-state index is 10.7. The van der Waals surface area contributed by atoms with E-state index in [0.717, 1.165) is 25.0 Å². The zero-order valence-corrected chi connectivity index (χ0v) is 10.1. The van der Waals surface area contributed by atoms with E-state index in [4.69, 9.17) is 9.84 Å². The number of ether oxygens (including phenoxy) is 1. The normalized spacial score (nSPS) is 20.2. The van der Waals surface area contributed by atoms with Crippen molar-refractivity contribution in [1.29, 1.82) is 0 Å². The monoisotopic (exact) mass is 234 g/mol. The van der Waals surface area contributed by atoms with Crippen LogP contribution in [-0.4, -0.2) is 17.7 Å². The first-order valence-corrected chi connectivity index (χ1v) is 6.10. The molecule has 3 nitrogen and oxygen atoms in total. The van der Waals surface area contributed by atoms with Gasteiger partial charge in [0.15, 0.2) is 0 Å². The Kier molecular flexibility index (Phi) is 3.67. The second kappa shape index (κ2) is 5.21. The molecule has 0 radical (unpaired) electrons. The van der Waals surface area contributed by atoms with Crippen molar-refractivity contribution in [3.05, 3.63) is 29.8 Å². The number of hydrogen-bond donors (Lipinski definition) is 1. The van der Waals surface area contributed by atoms with Crippen molar-refractivity contribution in [2.24, 2.45) is 11.8 Å². The second-order valence-electron chi connectivity index (χ2n) is 4.81. The minimum Gasteiger partial charge on any atom is -0.493 e. The molecule has 0 aliphatic carbocycles. The standard InChI is InChI=1S/C14H18O3/c1-10(14(15)16)6-7-11-8-12-4-2-3-5-13(12)17-9-11/h2-5,10-11H,6-9H2,1H3,(H,15,16). The summed E-state index contributed by atoms with van der Waals surface area (Å²) < 4.78 is 5.68. The Hall–Kier alpha value is -1.51. The summed E-state index contributed by atoms with van der Waals surface area (Å²) in [6.07, 6.45) is 2.65. The molecule has 92 valence electrons. The van der Waals surface area contributed by atoms with Gasteiger partial charge < -0.3 is 9.84 Å². The third kappa shape index (κ3) is 2.99. The highest BCUT2D eigenvalue weighted by molar-refractivity contribution is 5.69. The van der Waals surface area contributed by atoms with Crippen LogP contribution in [0.1, 0.15) is 25.3 Å². The van der Waals surface area contributed by atoms with Gasteiger partial charge in [-0.15, -0.1) is 0 Å². The molecule has 2 unspecified atom stereocenters. The molecule has 2 rings (SSSR count). The van der Waals surface area contributed by atoms with E-state index in [1.54, 1.807) is 6.92 Å². The molecule has 1 aromatic rings. The number of carboxylic acids is 1. The van der Waals surface area contributed by atoms with Crippen LogP contribution in [0.25, 0.3) is 0 Å². The quantitative estimate of drug-likeness (QED) is 0.871. The van der Waals surface area contributed by atoms with Crippen LogP contribution < -0.4 is 4.74 Å². The molecule has 0 fully saturated rings. The van der Waals surface area contributed by atoms with E-state index < -0.39 is 5.97 Å². The molecule has 1 aromatic carbocycles. The first-order valence-electron chi connectivity index (χ1n) is 6.10. The van der Waals surface area contributed by atoms with Crippen LogP contribution in [0.3, 0.4) is 0 Å². The summed E-state index contributed by atoms with van der Waals surface area (Å²) >= 11 is 0. The smallest absolute Gasteiger partial charge is 0.306 e. The maximum Gasteiger partial charge on any atom is 0.306 e. The van der Waals surface area contributed by atoms with Crippen molar-refractivity contribution in [2.45, 2.75) is 26.2 Å². The molecule has 3 heteroatoms. The Balaban J connectivity index is 1.88. The van der Waals surface area contributed by atoms with Crippen molar-refractivity contribution in [2.75, 3.05) is 6.61 Å². The van der Waals surface area contributed by atoms with Crippen molar-refractivity contribution in [1.82, 2.24) is 0 Å². The van der Waals surface area contributed by atoms with E-state index in [-0.39, 0.29) is 5.92 Å². The van der Waals surface area contributed by atoms with E-state index in [2.05, 4.69) is 6.07 Å². The average Bonchev–Trinajstić information content (AvgIpc) is 2.35. The van der Waals surface area contributed by atoms with E-state index in [1.807, 2.05) is 18.2 Å². The van der Waals surface area contributed by atoms with Crippen LogP contribution in [0, 0.1) is 11.8 Å². The predicted octanol–water partition coefficient (Wildman–Crippen LogP) is 2.74. The largest absolute Gasteiger partial charge is 0.493 e. The fourth-order valence-electron chi connectivity index (χ4n) is 2.19. The molecule has 0 aromatic heterocycles. The molecule has 1 N–H and O–H groups in total. The zero-order chi connectivity index (χ0) is 12.3. The minimum atomic E-state index is -0.706. The Morgan fingerprint density at radius 1 is 1.53 bits per heavy atom. The maximum atomic E-state index is 10.7. The molecule has 0 saturated heterocycles. The lowest BCUT2D eigenvalue weighted by molar-refractivity contribution is -0.141. The highest BCUT2D eigenvalue weighted by atomic mass is 16.5. The molecule has 0 bridgehead atoms. The summed E-state index contributed by atoms with van der Waals surface area (Å²) in [6, 6.07) is 8.07. The number of benzene rings is 1. The van der Waals surface area contributed by atoms with Crippen molar-refractivity contribution < 1.29 is 14.6 Å². The van der Waals surface area contributed by atoms with E-state index in [9.17, 15) is 4.79 Å². The van der Waals surface area contributed by atoms with E-state index in [0.29, 0.717) is 12.5 Å². The zero-order valence-electron chi connectivity index (χ0n) is 10.1. The topological polar surface area (TPSA) is 46.5 Å². The number of carboxylic acid groups (broad SMARTS) is 1. The molecule has 0 saturated carbocycles. The summed E-state index contributed by atoms with van der Waals surface area (Å²) in [6.45, 7) is 2.48. The summed E-state index contributed by atoms with van der Waals surface area (Å²) in [7, 11) is 0. The van der Waals surface area contributed by atoms with Crippen LogP contribution in [0.2, 0.25) is 0 Å². The van der Waals surface area contributed by atoms with Gasteiger partial charge >= 0.3 is 5.97 Å². The molecular weight excluding hydrogens is 216 g/mol. The minimum absolute atomic E-state index is 0.257. The van der Waals surface area contributed by atoms with Gasteiger partial charge in [-0.1, -0.05) is 25.1 Å². The van der Waals surface area contributed by atoms with Gasteiger partial charge in [0.25, 0.3) is 0 Å². The Bertz CT molecular complexity index is 400. The van der Waals surface area contributed by atoms with Crippen molar-refractivity contribution >= 4 is 5.97 Å². The second-order valence-corrected chi connectivity index (χ2v) is 4.81. The SMILES string of the molecule is CC(CCC1COc2ccccc2C1)C(=O)O. The first kappa shape index (κ1) is 12.0. The number of rotatable bonds is 4. The van der Waals surface area contributed by atoms with Gasteiger partial charge in [0, 0.05) is 0 Å². The Labute approximate surface area is 101 Å². The molecule has 1 aliphatic heterocycles. The van der Waals surface area contributed by atoms with Gasteiger partial charge in [-0.3, -0.25) is 4.79 Å². The van der Waals surface area contributed by atoms with Crippen LogP contribution >= 0.6 is 0 Å². The predicted molar refractivity (Wildman–Crippen MR) is 65.2 cm³/mol. The Morgan fingerprint density at radius 2 is 2.29 bits per heavy atom. The van der Waals surface area contributed by atoms with Gasteiger partial charge in [-0.05, 0) is 36.8 Å². The number of para-hydroxylation sites is 1. The van der Waals surface area contributed by atoms with Gasteiger partial charge in [-0.25, -0.2) is 0 Å². The molecule has 1 heterocycles. The number of carbonyl (C=O) groups is 1. The molecule has 1 aliphatic rings. The summed E-state index contributed by atoms with van der Waals surface area (Å²) in [5, 5.41) is 8.84. The molecule has 17 heavy (non-hydrogen) atoms. The lowest BCUT2D eigenvalue weighted by Gasteiger charge is -2.25. The highest BCUT2D eigenvalue weighted by Gasteiger charge is 2.21. The lowest BCUT2D eigenvalue weighted by Crippen LogP contribution is -2.22. The summed E-state index contributed by atoms with van der Waals surface area (Å²) in [4.78, 5) is 10.7. The van der Waals surface area contributed by atoms with Gasteiger partial charge in [0.1, 0.15) is 5.75 Å². The molecule has 2 atom stereocenters. The summed E-state index contributed by atoms with van der Waals surface area (Å²) in [5.74, 6) is 0.469. The third-order valence-corrected chi connectivity index (χ3v) is 3.39. The first-order chi connectivity index (χ1) is 8.16. The number of aliphatic carboxylic acids is 1. The molecule has 0 spiro atoms. The van der Waals surface area contributed by atoms with Crippen LogP contribution in [0.5, 0.6) is 5.75 Å². The fourth-order valence-corrected chi connectivity index (χ4v) is 2.19. The fraction of sp³-hybridized carbons (Fsp3) is 0.500. The van der Waals surface area contributed by atoms with Crippen LogP contribution in [0.15, 0.2) is 24.3 Å². The van der Waals surface area contributed by atoms with Crippen molar-refractivity contribution in [3.63, 3.8) is 0 Å². The third-order valence-electron chi connectivity index (χ3n) is 3.39. The number of fused-ring (bicyclic) bond motifs is 1.